The third-order valence-corrected chi connectivity index (χ3v) is 3.40. The number of carbonyl (C=O) groups excluding carboxylic acids is 1. The van der Waals surface area contributed by atoms with Gasteiger partial charge >= 0.3 is 0 Å². The normalized spacial score (nSPS) is 10.7. The fourth-order valence-electron chi connectivity index (χ4n) is 2.42. The number of aromatic nitrogens is 2. The number of aryl methyl sites for hydroxylation is 2. The van der Waals surface area contributed by atoms with Crippen LogP contribution in [0.2, 0.25) is 0 Å². The van der Waals surface area contributed by atoms with Crippen LogP contribution in [0.4, 0.5) is 0 Å². The van der Waals surface area contributed by atoms with Gasteiger partial charge in [0.15, 0.2) is 5.78 Å². The van der Waals surface area contributed by atoms with Gasteiger partial charge in [-0.3, -0.25) is 9.48 Å². The van der Waals surface area contributed by atoms with Gasteiger partial charge < -0.3 is 0 Å². The molecule has 0 spiro atoms. The highest BCUT2D eigenvalue weighted by atomic mass is 16.1. The predicted molar refractivity (Wildman–Crippen MR) is 77.4 cm³/mol. The topological polar surface area (TPSA) is 34.9 Å². The summed E-state index contributed by atoms with van der Waals surface area (Å²) in [5, 5.41) is 4.58. The Kier molecular flexibility index (Phi) is 3.84. The Morgan fingerprint density at radius 1 is 1.21 bits per heavy atom. The molecule has 0 saturated carbocycles. The van der Waals surface area contributed by atoms with E-state index in [2.05, 4.69) is 23.6 Å². The van der Waals surface area contributed by atoms with Crippen LogP contribution in [0.5, 0.6) is 0 Å². The largest absolute Gasteiger partial charge is 0.295 e. The molecule has 1 aromatic carbocycles. The van der Waals surface area contributed by atoms with Gasteiger partial charge in [-0.1, -0.05) is 31.2 Å². The smallest absolute Gasteiger partial charge is 0.159 e. The van der Waals surface area contributed by atoms with Crippen LogP contribution in [0.1, 0.15) is 42.0 Å². The van der Waals surface area contributed by atoms with Crippen molar-refractivity contribution in [2.75, 3.05) is 0 Å². The highest BCUT2D eigenvalue weighted by Gasteiger charge is 2.13. The first-order chi connectivity index (χ1) is 9.04. The van der Waals surface area contributed by atoms with E-state index in [4.69, 9.17) is 0 Å². The number of benzene rings is 1. The van der Waals surface area contributed by atoms with Gasteiger partial charge in [-0.25, -0.2) is 0 Å². The second-order valence-corrected chi connectivity index (χ2v) is 4.90. The molecule has 0 amide bonds. The lowest BCUT2D eigenvalue weighted by molar-refractivity contribution is 0.101. The molecular formula is C16H20N2O. The van der Waals surface area contributed by atoms with Crippen molar-refractivity contribution >= 4 is 5.78 Å². The van der Waals surface area contributed by atoms with Crippen molar-refractivity contribution in [3.63, 3.8) is 0 Å². The van der Waals surface area contributed by atoms with Crippen molar-refractivity contribution in [1.82, 2.24) is 9.78 Å². The van der Waals surface area contributed by atoms with E-state index in [-0.39, 0.29) is 5.78 Å². The summed E-state index contributed by atoms with van der Waals surface area (Å²) in [4.78, 5) is 11.3. The second kappa shape index (κ2) is 5.39. The molecule has 1 aromatic heterocycles. The van der Waals surface area contributed by atoms with Crippen LogP contribution in [0.25, 0.3) is 11.1 Å². The molecule has 0 N–H and O–H groups in total. The maximum atomic E-state index is 11.3. The maximum Gasteiger partial charge on any atom is 0.159 e. The minimum absolute atomic E-state index is 0.0988. The van der Waals surface area contributed by atoms with Crippen molar-refractivity contribution in [3.05, 3.63) is 41.2 Å². The summed E-state index contributed by atoms with van der Waals surface area (Å²) in [6, 6.07) is 7.77. The molecule has 100 valence electrons. The zero-order chi connectivity index (χ0) is 14.0. The highest BCUT2D eigenvalue weighted by Crippen LogP contribution is 2.27. The number of Topliss-reactive ketones (excluding diaryl/α,β-unsaturated/α-hetero) is 1. The number of rotatable bonds is 4. The average molecular weight is 256 g/mol. The lowest BCUT2D eigenvalue weighted by Crippen LogP contribution is -2.01. The summed E-state index contributed by atoms with van der Waals surface area (Å²) < 4.78 is 2.06. The Hall–Kier alpha value is -1.90. The van der Waals surface area contributed by atoms with Crippen molar-refractivity contribution in [3.8, 4) is 11.1 Å². The van der Waals surface area contributed by atoms with Gasteiger partial charge in [-0.15, -0.1) is 0 Å². The van der Waals surface area contributed by atoms with E-state index in [1.54, 1.807) is 6.92 Å². The molecule has 2 aromatic rings. The molecule has 3 heteroatoms. The molecule has 0 atom stereocenters. The minimum Gasteiger partial charge on any atom is -0.295 e. The zero-order valence-corrected chi connectivity index (χ0v) is 12.0. The first-order valence-electron chi connectivity index (χ1n) is 6.70. The van der Waals surface area contributed by atoms with Gasteiger partial charge in [0.25, 0.3) is 0 Å². The van der Waals surface area contributed by atoms with Crippen molar-refractivity contribution in [2.45, 2.75) is 40.7 Å². The number of carbonyl (C=O) groups is 1. The van der Waals surface area contributed by atoms with Crippen molar-refractivity contribution in [1.29, 1.82) is 0 Å². The molecule has 19 heavy (non-hydrogen) atoms. The maximum absolute atomic E-state index is 11.3. The van der Waals surface area contributed by atoms with Crippen LogP contribution < -0.4 is 0 Å². The Bertz CT molecular complexity index is 594. The molecular weight excluding hydrogens is 236 g/mol. The van der Waals surface area contributed by atoms with E-state index in [1.807, 2.05) is 31.2 Å². The first kappa shape index (κ1) is 13.5. The van der Waals surface area contributed by atoms with E-state index in [9.17, 15) is 4.79 Å². The number of hydrogen-bond donors (Lipinski definition) is 0. The third-order valence-electron chi connectivity index (χ3n) is 3.40. The van der Waals surface area contributed by atoms with Gasteiger partial charge in [0, 0.05) is 23.4 Å². The quantitative estimate of drug-likeness (QED) is 0.780. The Labute approximate surface area is 114 Å². The summed E-state index contributed by atoms with van der Waals surface area (Å²) in [5.74, 6) is 0.0988. The second-order valence-electron chi connectivity index (χ2n) is 4.90. The molecule has 0 fully saturated rings. The van der Waals surface area contributed by atoms with Crippen LogP contribution in [0.15, 0.2) is 24.3 Å². The summed E-state index contributed by atoms with van der Waals surface area (Å²) in [6.45, 7) is 8.82. The Balaban J connectivity index is 2.44. The lowest BCUT2D eigenvalue weighted by Gasteiger charge is -2.05. The van der Waals surface area contributed by atoms with Gasteiger partial charge in [-0.05, 0) is 32.8 Å². The van der Waals surface area contributed by atoms with E-state index >= 15 is 0 Å². The standard InChI is InChI=1S/C16H20N2O/c1-5-10-18-12(3)16(11(2)17-18)15-8-6-14(7-9-15)13(4)19/h6-9H,5,10H2,1-4H3. The lowest BCUT2D eigenvalue weighted by atomic mass is 10.0. The number of hydrogen-bond acceptors (Lipinski definition) is 2. The molecule has 0 aliphatic heterocycles. The van der Waals surface area contributed by atoms with Gasteiger partial charge in [0.05, 0.1) is 5.69 Å². The molecule has 0 unspecified atom stereocenters. The Morgan fingerprint density at radius 2 is 1.84 bits per heavy atom. The average Bonchev–Trinajstić information content (AvgIpc) is 2.65. The van der Waals surface area contributed by atoms with Crippen molar-refractivity contribution in [2.24, 2.45) is 0 Å². The van der Waals surface area contributed by atoms with Crippen LogP contribution in [0, 0.1) is 13.8 Å². The SMILES string of the molecule is CCCn1nc(C)c(-c2ccc(C(C)=O)cc2)c1C. The fourth-order valence-corrected chi connectivity index (χ4v) is 2.42. The zero-order valence-electron chi connectivity index (χ0n) is 12.0. The molecule has 0 radical (unpaired) electrons. The van der Waals surface area contributed by atoms with E-state index < -0.39 is 0 Å². The summed E-state index contributed by atoms with van der Waals surface area (Å²) in [7, 11) is 0. The van der Waals surface area contributed by atoms with Crippen LogP contribution in [0.3, 0.4) is 0 Å². The van der Waals surface area contributed by atoms with Crippen LogP contribution >= 0.6 is 0 Å². The predicted octanol–water partition coefficient (Wildman–Crippen LogP) is 3.78. The molecule has 0 aliphatic carbocycles. The molecule has 2 rings (SSSR count). The van der Waals surface area contributed by atoms with Crippen molar-refractivity contribution < 1.29 is 4.79 Å². The molecule has 3 nitrogen and oxygen atoms in total. The van der Waals surface area contributed by atoms with E-state index in [1.165, 1.54) is 11.3 Å². The number of nitrogens with zero attached hydrogens (tertiary/aromatic N) is 2. The van der Waals surface area contributed by atoms with Gasteiger partial charge in [0.2, 0.25) is 0 Å². The summed E-state index contributed by atoms with van der Waals surface area (Å²) in [5.41, 5.74) is 5.29. The molecule has 0 saturated heterocycles. The van der Waals surface area contributed by atoms with Gasteiger partial charge in [0.1, 0.15) is 0 Å². The summed E-state index contributed by atoms with van der Waals surface area (Å²) >= 11 is 0. The first-order valence-corrected chi connectivity index (χ1v) is 6.70. The summed E-state index contributed by atoms with van der Waals surface area (Å²) in [6.07, 6.45) is 1.07. The van der Waals surface area contributed by atoms with Gasteiger partial charge in [-0.2, -0.15) is 5.10 Å². The molecule has 0 bridgehead atoms. The monoisotopic (exact) mass is 256 g/mol. The third kappa shape index (κ3) is 2.60. The van der Waals surface area contributed by atoms with E-state index in [0.717, 1.165) is 29.8 Å². The fraction of sp³-hybridized carbons (Fsp3) is 0.375. The Morgan fingerprint density at radius 3 is 2.37 bits per heavy atom. The molecule has 0 aliphatic rings. The number of ketones is 1. The minimum atomic E-state index is 0.0988. The van der Waals surface area contributed by atoms with E-state index in [0.29, 0.717) is 0 Å². The molecule has 1 heterocycles. The highest BCUT2D eigenvalue weighted by molar-refractivity contribution is 5.94. The van der Waals surface area contributed by atoms with Crippen LogP contribution in [-0.4, -0.2) is 15.6 Å². The van der Waals surface area contributed by atoms with Crippen LogP contribution in [-0.2, 0) is 6.54 Å².